The van der Waals surface area contributed by atoms with Crippen molar-refractivity contribution in [2.45, 2.75) is 31.7 Å². The van der Waals surface area contributed by atoms with Crippen LogP contribution in [0.3, 0.4) is 0 Å². The molecule has 5 rings (SSSR count). The summed E-state index contributed by atoms with van der Waals surface area (Å²) in [5.41, 5.74) is 1.94. The molecule has 0 aliphatic carbocycles. The summed E-state index contributed by atoms with van der Waals surface area (Å²) in [7, 11) is 1.80. The largest absolute Gasteiger partial charge is 0.457 e. The number of carbonyl (C=O) groups is 1. The monoisotopic (exact) mass is 418 g/mol. The van der Waals surface area contributed by atoms with Gasteiger partial charge in [0.05, 0.1) is 6.20 Å². The molecular formula is C24H23FN4O2. The molecule has 0 saturated carbocycles. The van der Waals surface area contributed by atoms with Crippen LogP contribution in [0.1, 0.15) is 24.2 Å². The van der Waals surface area contributed by atoms with E-state index in [1.165, 1.54) is 12.1 Å². The van der Waals surface area contributed by atoms with Crippen LogP contribution in [0.5, 0.6) is 11.5 Å². The highest BCUT2D eigenvalue weighted by Gasteiger charge is 2.40. The van der Waals surface area contributed by atoms with Crippen molar-refractivity contribution < 1.29 is 13.9 Å². The average molecular weight is 418 g/mol. The van der Waals surface area contributed by atoms with Crippen molar-refractivity contribution in [3.8, 4) is 11.5 Å². The number of hydrogen-bond acceptors (Lipinski definition) is 5. The standard InChI is InChI=1S/C24H23FN4O2/c1-28-21-15-26-22(27-23(21)29-14-2-3-20(29)24(28)30)13-6-16-4-9-18(10-5-16)31-19-11-7-17(25)8-12-19/h4-5,7-12,15,20H,2-3,6,13-14H2,1H3/t20-/m1/s1. The Bertz CT molecular complexity index is 1100. The van der Waals surface area contributed by atoms with Crippen LogP contribution in [0.15, 0.2) is 54.7 Å². The Morgan fingerprint density at radius 2 is 1.77 bits per heavy atom. The molecule has 0 unspecified atom stereocenters. The maximum absolute atomic E-state index is 13.0. The average Bonchev–Trinajstić information content (AvgIpc) is 3.29. The number of amides is 1. The van der Waals surface area contributed by atoms with Crippen LogP contribution in [-0.4, -0.2) is 35.5 Å². The summed E-state index contributed by atoms with van der Waals surface area (Å²) in [6.07, 6.45) is 5.17. The summed E-state index contributed by atoms with van der Waals surface area (Å²) in [4.78, 5) is 25.6. The Morgan fingerprint density at radius 1 is 1.06 bits per heavy atom. The zero-order valence-corrected chi connectivity index (χ0v) is 17.3. The molecule has 158 valence electrons. The lowest BCUT2D eigenvalue weighted by atomic mass is 10.1. The van der Waals surface area contributed by atoms with Gasteiger partial charge in [-0.05, 0) is 61.2 Å². The number of likely N-dealkylation sites (N-methyl/N-ethyl adjacent to an activating group) is 1. The lowest BCUT2D eigenvalue weighted by Crippen LogP contribution is -2.49. The van der Waals surface area contributed by atoms with Crippen LogP contribution in [0.2, 0.25) is 0 Å². The van der Waals surface area contributed by atoms with Crippen molar-refractivity contribution >= 4 is 17.4 Å². The molecule has 1 atom stereocenters. The second-order valence-electron chi connectivity index (χ2n) is 7.94. The molecular weight excluding hydrogens is 395 g/mol. The molecule has 31 heavy (non-hydrogen) atoms. The Kier molecular flexibility index (Phi) is 5.02. The summed E-state index contributed by atoms with van der Waals surface area (Å²) >= 11 is 0. The third kappa shape index (κ3) is 3.83. The van der Waals surface area contributed by atoms with Crippen LogP contribution >= 0.6 is 0 Å². The molecule has 3 heterocycles. The van der Waals surface area contributed by atoms with E-state index in [0.29, 0.717) is 17.9 Å². The fraction of sp³-hybridized carbons (Fsp3) is 0.292. The molecule has 1 amide bonds. The van der Waals surface area contributed by atoms with Gasteiger partial charge in [0.2, 0.25) is 5.91 Å². The van der Waals surface area contributed by atoms with E-state index in [1.807, 2.05) is 24.3 Å². The minimum atomic E-state index is -0.286. The van der Waals surface area contributed by atoms with Crippen LogP contribution in [0.25, 0.3) is 0 Å². The van der Waals surface area contributed by atoms with Crippen LogP contribution < -0.4 is 14.5 Å². The zero-order chi connectivity index (χ0) is 21.4. The van der Waals surface area contributed by atoms with Crippen molar-refractivity contribution in [3.63, 3.8) is 0 Å². The van der Waals surface area contributed by atoms with E-state index in [0.717, 1.165) is 48.7 Å². The number of carbonyl (C=O) groups excluding carboxylic acids is 1. The highest BCUT2D eigenvalue weighted by atomic mass is 19.1. The lowest BCUT2D eigenvalue weighted by molar-refractivity contribution is -0.119. The molecule has 2 aliphatic heterocycles. The summed E-state index contributed by atoms with van der Waals surface area (Å²) in [5, 5.41) is 0. The van der Waals surface area contributed by atoms with Gasteiger partial charge in [0.25, 0.3) is 0 Å². The van der Waals surface area contributed by atoms with Gasteiger partial charge in [-0.25, -0.2) is 14.4 Å². The van der Waals surface area contributed by atoms with Crippen LogP contribution in [-0.2, 0) is 17.6 Å². The van der Waals surface area contributed by atoms with Gasteiger partial charge in [0, 0.05) is 20.0 Å². The summed E-state index contributed by atoms with van der Waals surface area (Å²) in [6.45, 7) is 0.864. The molecule has 0 bridgehead atoms. The van der Waals surface area contributed by atoms with Crippen molar-refractivity contribution in [2.75, 3.05) is 23.4 Å². The van der Waals surface area contributed by atoms with Crippen LogP contribution in [0.4, 0.5) is 15.9 Å². The van der Waals surface area contributed by atoms with Gasteiger partial charge in [-0.2, -0.15) is 0 Å². The quantitative estimate of drug-likeness (QED) is 0.623. The molecule has 0 spiro atoms. The molecule has 6 nitrogen and oxygen atoms in total. The number of rotatable bonds is 5. The van der Waals surface area contributed by atoms with E-state index in [1.54, 1.807) is 30.3 Å². The smallest absolute Gasteiger partial charge is 0.249 e. The molecule has 3 aromatic rings. The number of benzene rings is 2. The minimum absolute atomic E-state index is 0.0890. The number of anilines is 2. The van der Waals surface area contributed by atoms with E-state index in [-0.39, 0.29) is 17.8 Å². The molecule has 7 heteroatoms. The number of hydrogen-bond donors (Lipinski definition) is 0. The Hall–Kier alpha value is -3.48. The molecule has 1 saturated heterocycles. The molecule has 1 fully saturated rings. The Balaban J connectivity index is 1.26. The first kappa shape index (κ1) is 19.5. The topological polar surface area (TPSA) is 58.6 Å². The normalized spacial score (nSPS) is 17.5. The maximum Gasteiger partial charge on any atom is 0.249 e. The molecule has 1 aromatic heterocycles. The Morgan fingerprint density at radius 3 is 2.52 bits per heavy atom. The minimum Gasteiger partial charge on any atom is -0.457 e. The lowest BCUT2D eigenvalue weighted by Gasteiger charge is -2.36. The number of halogens is 1. The second kappa shape index (κ2) is 7.98. The van der Waals surface area contributed by atoms with E-state index in [9.17, 15) is 9.18 Å². The SMILES string of the molecule is CN1C(=O)[C@H]2CCCN2c2nc(CCc3ccc(Oc4ccc(F)cc4)cc3)ncc21. The highest BCUT2D eigenvalue weighted by Crippen LogP contribution is 2.37. The number of ether oxygens (including phenoxy) is 1. The van der Waals surface area contributed by atoms with Gasteiger partial charge in [-0.1, -0.05) is 12.1 Å². The number of nitrogens with zero attached hydrogens (tertiary/aromatic N) is 4. The highest BCUT2D eigenvalue weighted by molar-refractivity contribution is 6.04. The first-order valence-electron chi connectivity index (χ1n) is 10.5. The molecule has 0 radical (unpaired) electrons. The van der Waals surface area contributed by atoms with E-state index in [2.05, 4.69) is 9.88 Å². The van der Waals surface area contributed by atoms with Crippen molar-refractivity contribution in [1.29, 1.82) is 0 Å². The van der Waals surface area contributed by atoms with Crippen LogP contribution in [0, 0.1) is 5.82 Å². The predicted molar refractivity (Wildman–Crippen MR) is 116 cm³/mol. The third-order valence-corrected chi connectivity index (χ3v) is 5.91. The summed E-state index contributed by atoms with van der Waals surface area (Å²) in [5.74, 6) is 2.79. The number of fused-ring (bicyclic) bond motifs is 3. The fourth-order valence-electron chi connectivity index (χ4n) is 4.21. The molecule has 2 aromatic carbocycles. The Labute approximate surface area is 180 Å². The first-order chi connectivity index (χ1) is 15.1. The van der Waals surface area contributed by atoms with Gasteiger partial charge in [-0.3, -0.25) is 4.79 Å². The summed E-state index contributed by atoms with van der Waals surface area (Å²) < 4.78 is 18.8. The van der Waals surface area contributed by atoms with Gasteiger partial charge in [0.15, 0.2) is 5.82 Å². The van der Waals surface area contributed by atoms with Crippen molar-refractivity contribution in [1.82, 2.24) is 9.97 Å². The van der Waals surface area contributed by atoms with E-state index in [4.69, 9.17) is 9.72 Å². The van der Waals surface area contributed by atoms with Gasteiger partial charge < -0.3 is 14.5 Å². The number of aryl methyl sites for hydroxylation is 2. The van der Waals surface area contributed by atoms with Gasteiger partial charge in [0.1, 0.15) is 34.9 Å². The van der Waals surface area contributed by atoms with Crippen molar-refractivity contribution in [2.24, 2.45) is 0 Å². The second-order valence-corrected chi connectivity index (χ2v) is 7.94. The third-order valence-electron chi connectivity index (χ3n) is 5.91. The van der Waals surface area contributed by atoms with Gasteiger partial charge >= 0.3 is 0 Å². The van der Waals surface area contributed by atoms with E-state index < -0.39 is 0 Å². The fourth-order valence-corrected chi connectivity index (χ4v) is 4.21. The number of aromatic nitrogens is 2. The molecule has 2 aliphatic rings. The van der Waals surface area contributed by atoms with Gasteiger partial charge in [-0.15, -0.1) is 0 Å². The van der Waals surface area contributed by atoms with Crippen molar-refractivity contribution in [3.05, 3.63) is 71.9 Å². The maximum atomic E-state index is 13.0. The first-order valence-corrected chi connectivity index (χ1v) is 10.5. The summed E-state index contributed by atoms with van der Waals surface area (Å²) in [6, 6.07) is 13.7. The molecule has 0 N–H and O–H groups in total. The van der Waals surface area contributed by atoms with E-state index >= 15 is 0 Å². The predicted octanol–water partition coefficient (Wildman–Crippen LogP) is 4.14. The zero-order valence-electron chi connectivity index (χ0n) is 17.3.